The van der Waals surface area contributed by atoms with Crippen molar-refractivity contribution in [3.8, 4) is 0 Å². The molecule has 21 heavy (non-hydrogen) atoms. The van der Waals surface area contributed by atoms with Gasteiger partial charge in [0.1, 0.15) is 6.54 Å². The molecular formula is C12H18N8O. The molecule has 0 spiro atoms. The second-order valence-corrected chi connectivity index (χ2v) is 5.80. The SMILES string of the molecule is C1CC(Cn2nnnc2Cn2nnnc2C2CC2)CCO1. The van der Waals surface area contributed by atoms with Gasteiger partial charge in [-0.2, -0.15) is 0 Å². The first-order chi connectivity index (χ1) is 10.4. The fourth-order valence-electron chi connectivity index (χ4n) is 2.74. The Morgan fingerprint density at radius 1 is 0.952 bits per heavy atom. The summed E-state index contributed by atoms with van der Waals surface area (Å²) in [6, 6.07) is 0. The number of aromatic nitrogens is 8. The molecule has 9 heteroatoms. The van der Waals surface area contributed by atoms with Gasteiger partial charge in [0.05, 0.1) is 0 Å². The predicted molar refractivity (Wildman–Crippen MR) is 70.3 cm³/mol. The zero-order valence-corrected chi connectivity index (χ0v) is 11.8. The second kappa shape index (κ2) is 5.47. The van der Waals surface area contributed by atoms with Crippen LogP contribution in [-0.4, -0.2) is 53.6 Å². The number of hydrogen-bond donors (Lipinski definition) is 0. The molecule has 0 unspecified atom stereocenters. The second-order valence-electron chi connectivity index (χ2n) is 5.80. The predicted octanol–water partition coefficient (Wildman–Crippen LogP) is 0.0119. The van der Waals surface area contributed by atoms with Crippen molar-refractivity contribution in [3.63, 3.8) is 0 Å². The van der Waals surface area contributed by atoms with Crippen LogP contribution in [0.1, 0.15) is 43.3 Å². The normalized spacial score (nSPS) is 20.0. The molecule has 1 saturated carbocycles. The molecule has 112 valence electrons. The Kier molecular flexibility index (Phi) is 3.34. The average molecular weight is 290 g/mol. The van der Waals surface area contributed by atoms with Gasteiger partial charge in [0.25, 0.3) is 0 Å². The molecule has 0 aromatic carbocycles. The van der Waals surface area contributed by atoms with Gasteiger partial charge in [-0.25, -0.2) is 9.36 Å². The molecule has 0 radical (unpaired) electrons. The summed E-state index contributed by atoms with van der Waals surface area (Å²) >= 11 is 0. The molecule has 4 rings (SSSR count). The van der Waals surface area contributed by atoms with Crippen molar-refractivity contribution < 1.29 is 4.74 Å². The van der Waals surface area contributed by atoms with Gasteiger partial charge in [0.15, 0.2) is 11.6 Å². The Bertz CT molecular complexity index is 598. The van der Waals surface area contributed by atoms with E-state index in [2.05, 4.69) is 31.1 Å². The average Bonchev–Trinajstić information content (AvgIpc) is 3.11. The van der Waals surface area contributed by atoms with Gasteiger partial charge in [0, 0.05) is 25.7 Å². The fourth-order valence-corrected chi connectivity index (χ4v) is 2.74. The van der Waals surface area contributed by atoms with Gasteiger partial charge >= 0.3 is 0 Å². The molecule has 2 aromatic heterocycles. The van der Waals surface area contributed by atoms with E-state index in [9.17, 15) is 0 Å². The summed E-state index contributed by atoms with van der Waals surface area (Å²) in [5.41, 5.74) is 0. The van der Waals surface area contributed by atoms with Crippen molar-refractivity contribution in [2.24, 2.45) is 5.92 Å². The monoisotopic (exact) mass is 290 g/mol. The van der Waals surface area contributed by atoms with E-state index in [1.165, 1.54) is 12.8 Å². The first-order valence-electron chi connectivity index (χ1n) is 7.49. The van der Waals surface area contributed by atoms with Crippen LogP contribution < -0.4 is 0 Å². The van der Waals surface area contributed by atoms with E-state index < -0.39 is 0 Å². The van der Waals surface area contributed by atoms with Gasteiger partial charge < -0.3 is 4.74 Å². The summed E-state index contributed by atoms with van der Waals surface area (Å²) in [6.07, 6.45) is 4.48. The van der Waals surface area contributed by atoms with E-state index >= 15 is 0 Å². The zero-order valence-electron chi connectivity index (χ0n) is 11.8. The molecule has 3 heterocycles. The lowest BCUT2D eigenvalue weighted by molar-refractivity contribution is 0.0596. The van der Waals surface area contributed by atoms with Crippen LogP contribution in [0.3, 0.4) is 0 Å². The molecule has 1 aliphatic heterocycles. The third-order valence-electron chi connectivity index (χ3n) is 4.17. The minimum atomic E-state index is 0.514. The highest BCUT2D eigenvalue weighted by molar-refractivity contribution is 5.03. The van der Waals surface area contributed by atoms with Crippen LogP contribution in [0.25, 0.3) is 0 Å². The van der Waals surface area contributed by atoms with E-state index in [1.807, 2.05) is 9.36 Å². The summed E-state index contributed by atoms with van der Waals surface area (Å²) < 4.78 is 9.10. The molecule has 9 nitrogen and oxygen atoms in total. The van der Waals surface area contributed by atoms with Crippen LogP contribution in [-0.2, 0) is 17.8 Å². The Morgan fingerprint density at radius 3 is 2.52 bits per heavy atom. The van der Waals surface area contributed by atoms with Gasteiger partial charge in [0.2, 0.25) is 0 Å². The van der Waals surface area contributed by atoms with Crippen molar-refractivity contribution in [1.29, 1.82) is 0 Å². The summed E-state index contributed by atoms with van der Waals surface area (Å²) in [5.74, 6) is 2.86. The Morgan fingerprint density at radius 2 is 1.71 bits per heavy atom. The molecule has 0 amide bonds. The Labute approximate surface area is 121 Å². The lowest BCUT2D eigenvalue weighted by Gasteiger charge is -2.21. The maximum atomic E-state index is 5.39. The number of tetrazole rings is 2. The van der Waals surface area contributed by atoms with E-state index in [0.29, 0.717) is 18.4 Å². The fraction of sp³-hybridized carbons (Fsp3) is 0.833. The quantitative estimate of drug-likeness (QED) is 0.765. The lowest BCUT2D eigenvalue weighted by atomic mass is 10.0. The molecule has 2 aromatic rings. The molecule has 1 aliphatic carbocycles. The van der Waals surface area contributed by atoms with E-state index in [1.54, 1.807) is 0 Å². The molecule has 0 atom stereocenters. The van der Waals surface area contributed by atoms with E-state index in [4.69, 9.17) is 4.74 Å². The Hall–Kier alpha value is -1.90. The largest absolute Gasteiger partial charge is 0.381 e. The zero-order chi connectivity index (χ0) is 14.1. The Balaban J connectivity index is 1.47. The topological polar surface area (TPSA) is 96.4 Å². The standard InChI is InChI=1S/C12H18N8O/c1-2-10(1)12-14-16-18-20(12)8-11-13-15-17-19(11)7-9-3-5-21-6-4-9/h9-10H,1-8H2. The van der Waals surface area contributed by atoms with Crippen molar-refractivity contribution >= 4 is 0 Å². The summed E-state index contributed by atoms with van der Waals surface area (Å²) in [4.78, 5) is 0. The highest BCUT2D eigenvalue weighted by Crippen LogP contribution is 2.38. The van der Waals surface area contributed by atoms with Crippen LogP contribution in [0, 0.1) is 5.92 Å². The van der Waals surface area contributed by atoms with Crippen LogP contribution in [0.15, 0.2) is 0 Å². The molecule has 2 fully saturated rings. The van der Waals surface area contributed by atoms with Crippen LogP contribution in [0.4, 0.5) is 0 Å². The third-order valence-corrected chi connectivity index (χ3v) is 4.17. The first-order valence-corrected chi connectivity index (χ1v) is 7.49. The number of nitrogens with zero attached hydrogens (tertiary/aromatic N) is 8. The van der Waals surface area contributed by atoms with Gasteiger partial charge in [-0.3, -0.25) is 0 Å². The van der Waals surface area contributed by atoms with Crippen molar-refractivity contribution in [2.45, 2.75) is 44.7 Å². The summed E-state index contributed by atoms with van der Waals surface area (Å²) in [6.45, 7) is 3.05. The molecule has 0 N–H and O–H groups in total. The van der Waals surface area contributed by atoms with E-state index in [-0.39, 0.29) is 0 Å². The third kappa shape index (κ3) is 2.78. The summed E-state index contributed by atoms with van der Waals surface area (Å²) in [7, 11) is 0. The smallest absolute Gasteiger partial charge is 0.172 e. The minimum absolute atomic E-state index is 0.514. The summed E-state index contributed by atoms with van der Waals surface area (Å²) in [5, 5.41) is 24.0. The van der Waals surface area contributed by atoms with Crippen molar-refractivity contribution in [1.82, 2.24) is 40.4 Å². The van der Waals surface area contributed by atoms with Gasteiger partial charge in [-0.15, -0.1) is 10.2 Å². The highest BCUT2D eigenvalue weighted by Gasteiger charge is 2.30. The number of rotatable bonds is 5. The van der Waals surface area contributed by atoms with Crippen LogP contribution in [0.2, 0.25) is 0 Å². The number of ether oxygens (including phenoxy) is 1. The maximum Gasteiger partial charge on any atom is 0.172 e. The molecule has 0 bridgehead atoms. The van der Waals surface area contributed by atoms with Gasteiger partial charge in [-0.05, 0) is 52.5 Å². The molecular weight excluding hydrogens is 272 g/mol. The minimum Gasteiger partial charge on any atom is -0.381 e. The van der Waals surface area contributed by atoms with Crippen LogP contribution in [0.5, 0.6) is 0 Å². The number of hydrogen-bond acceptors (Lipinski definition) is 7. The molecule has 1 saturated heterocycles. The van der Waals surface area contributed by atoms with Crippen molar-refractivity contribution in [3.05, 3.63) is 11.6 Å². The first kappa shape index (κ1) is 12.8. The van der Waals surface area contributed by atoms with Crippen LogP contribution >= 0.6 is 0 Å². The maximum absolute atomic E-state index is 5.39. The van der Waals surface area contributed by atoms with Gasteiger partial charge in [-0.1, -0.05) is 0 Å². The molecule has 2 aliphatic rings. The van der Waals surface area contributed by atoms with E-state index in [0.717, 1.165) is 44.2 Å². The lowest BCUT2D eigenvalue weighted by Crippen LogP contribution is -2.23. The highest BCUT2D eigenvalue weighted by atomic mass is 16.5. The van der Waals surface area contributed by atoms with Crippen molar-refractivity contribution in [2.75, 3.05) is 13.2 Å².